The quantitative estimate of drug-likeness (QED) is 0.204. The summed E-state index contributed by atoms with van der Waals surface area (Å²) in [6, 6.07) is 8.25. The van der Waals surface area contributed by atoms with Crippen LogP contribution in [0.25, 0.3) is 0 Å². The van der Waals surface area contributed by atoms with Gasteiger partial charge in [0.25, 0.3) is 0 Å². The van der Waals surface area contributed by atoms with E-state index in [0.29, 0.717) is 27.4 Å². The predicted molar refractivity (Wildman–Crippen MR) is 156 cm³/mol. The van der Waals surface area contributed by atoms with Crippen molar-refractivity contribution in [3.63, 3.8) is 0 Å². The molecule has 1 aliphatic rings. The third-order valence-corrected chi connectivity index (χ3v) is 7.43. The first kappa shape index (κ1) is 32.4. The Hall–Kier alpha value is -3.07. The van der Waals surface area contributed by atoms with Gasteiger partial charge < -0.3 is 34.6 Å². The van der Waals surface area contributed by atoms with E-state index in [-0.39, 0.29) is 62.1 Å². The molecule has 0 heterocycles. The van der Waals surface area contributed by atoms with Gasteiger partial charge in [-0.25, -0.2) is 4.39 Å². The Bertz CT molecular complexity index is 1260. The molecule has 0 aliphatic heterocycles. The van der Waals surface area contributed by atoms with Gasteiger partial charge in [-0.05, 0) is 64.9 Å². The maximum absolute atomic E-state index is 13.8. The maximum Gasteiger partial charge on any atom is 0.247 e. The number of carbonyl (C=O) groups excluding carboxylic acids is 3. The van der Waals surface area contributed by atoms with Gasteiger partial charge in [0.2, 0.25) is 11.8 Å². The molecule has 41 heavy (non-hydrogen) atoms. The lowest BCUT2D eigenvalue weighted by Gasteiger charge is -2.40. The van der Waals surface area contributed by atoms with Gasteiger partial charge in [-0.1, -0.05) is 12.1 Å². The second kappa shape index (κ2) is 15.8. The van der Waals surface area contributed by atoms with E-state index in [1.165, 1.54) is 43.4 Å². The zero-order chi connectivity index (χ0) is 29.9. The largest absolute Gasteiger partial charge is 0.493 e. The van der Waals surface area contributed by atoms with Crippen molar-refractivity contribution in [3.8, 4) is 11.5 Å². The number of methoxy groups -OCH3 is 2. The topological polar surface area (TPSA) is 135 Å². The predicted octanol–water partition coefficient (Wildman–Crippen LogP) is 2.27. The van der Waals surface area contributed by atoms with Crippen molar-refractivity contribution in [2.45, 2.75) is 37.5 Å². The summed E-state index contributed by atoms with van der Waals surface area (Å²) < 4.78 is 31.1. The van der Waals surface area contributed by atoms with Crippen molar-refractivity contribution in [2.75, 3.05) is 40.5 Å². The van der Waals surface area contributed by atoms with Crippen LogP contribution in [0.15, 0.2) is 48.0 Å². The van der Waals surface area contributed by atoms with Gasteiger partial charge in [0.05, 0.1) is 36.4 Å². The minimum atomic E-state index is -1.27. The highest BCUT2D eigenvalue weighted by Gasteiger charge is 2.40. The second-order valence-electron chi connectivity index (χ2n) is 9.38. The van der Waals surface area contributed by atoms with Crippen LogP contribution in [0.5, 0.6) is 11.5 Å². The van der Waals surface area contributed by atoms with E-state index in [9.17, 15) is 29.0 Å². The first-order chi connectivity index (χ1) is 19.7. The normalized spacial score (nSPS) is 18.3. The number of benzene rings is 2. The molecule has 2 aromatic rings. The number of rotatable bonds is 14. The van der Waals surface area contributed by atoms with Gasteiger partial charge in [0.15, 0.2) is 11.5 Å². The van der Waals surface area contributed by atoms with Crippen LogP contribution < -0.4 is 14.8 Å². The third-order valence-electron chi connectivity index (χ3n) is 6.63. The Morgan fingerprint density at radius 3 is 2.68 bits per heavy atom. The lowest BCUT2D eigenvalue weighted by Crippen LogP contribution is -2.55. The molecule has 0 bridgehead atoms. The number of hydrogen-bond acceptors (Lipinski definition) is 8. The van der Waals surface area contributed by atoms with E-state index in [1.54, 1.807) is 18.2 Å². The van der Waals surface area contributed by atoms with E-state index < -0.39 is 30.0 Å². The molecule has 3 atom stereocenters. The molecule has 1 aliphatic carbocycles. The number of nitrogens with one attached hydrogen (secondary N) is 1. The highest BCUT2D eigenvalue weighted by atomic mass is 127. The van der Waals surface area contributed by atoms with Gasteiger partial charge in [-0.15, -0.1) is 0 Å². The van der Waals surface area contributed by atoms with Crippen molar-refractivity contribution in [3.05, 3.63) is 68.6 Å². The standard InChI is InChI=1S/C29H34FIN2O8/c1-39-11-7-26(36)33(9-6-18-4-3-5-21(30)12-18)23-15-20(29(38)32-8-10-34)16-24(27(23)37)41-28-22(31)13-19(17-35)14-25(28)40-2/h3-5,12-14,16-17,23-24,27,34,37H,6-11,15H2,1-2H3,(H,32,38). The molecule has 0 saturated carbocycles. The minimum Gasteiger partial charge on any atom is -0.493 e. The van der Waals surface area contributed by atoms with E-state index in [4.69, 9.17) is 14.2 Å². The molecule has 3 rings (SSSR count). The average molecular weight is 684 g/mol. The second-order valence-corrected chi connectivity index (χ2v) is 10.5. The summed E-state index contributed by atoms with van der Waals surface area (Å²) in [5.74, 6) is -0.678. The first-order valence-corrected chi connectivity index (χ1v) is 14.1. The fourth-order valence-electron chi connectivity index (χ4n) is 4.59. The number of ether oxygens (including phenoxy) is 3. The SMILES string of the molecule is COCCC(=O)N(CCc1cccc(F)c1)C1CC(C(=O)NCCO)=CC(Oc2c(I)cc(C=O)cc2OC)C1O. The van der Waals surface area contributed by atoms with Crippen LogP contribution in [0, 0.1) is 9.39 Å². The molecule has 10 nitrogen and oxygen atoms in total. The molecule has 0 fully saturated rings. The maximum atomic E-state index is 13.8. The number of aliphatic hydroxyl groups is 2. The van der Waals surface area contributed by atoms with Crippen LogP contribution in [-0.4, -0.2) is 92.0 Å². The van der Waals surface area contributed by atoms with Crippen LogP contribution in [0.2, 0.25) is 0 Å². The van der Waals surface area contributed by atoms with Crippen molar-refractivity contribution >= 4 is 40.7 Å². The number of halogens is 2. The Labute approximate surface area is 251 Å². The summed E-state index contributed by atoms with van der Waals surface area (Å²) in [5, 5.41) is 23.4. The fourth-order valence-corrected chi connectivity index (χ4v) is 5.34. The summed E-state index contributed by atoms with van der Waals surface area (Å²) in [7, 11) is 2.89. The monoisotopic (exact) mass is 684 g/mol. The van der Waals surface area contributed by atoms with Crippen LogP contribution in [0.4, 0.5) is 4.39 Å². The lowest BCUT2D eigenvalue weighted by molar-refractivity contribution is -0.139. The Morgan fingerprint density at radius 1 is 1.24 bits per heavy atom. The number of amides is 2. The minimum absolute atomic E-state index is 0.0124. The average Bonchev–Trinajstić information content (AvgIpc) is 2.97. The van der Waals surface area contributed by atoms with Crippen LogP contribution in [0.3, 0.4) is 0 Å². The molecule has 0 saturated heterocycles. The van der Waals surface area contributed by atoms with Gasteiger partial charge in [-0.2, -0.15) is 0 Å². The number of aldehydes is 1. The first-order valence-electron chi connectivity index (χ1n) is 13.0. The van der Waals surface area contributed by atoms with E-state index in [1.807, 2.05) is 22.6 Å². The molecular formula is C29H34FIN2O8. The number of hydrogen-bond donors (Lipinski definition) is 3. The molecule has 222 valence electrons. The molecule has 12 heteroatoms. The van der Waals surface area contributed by atoms with E-state index in [2.05, 4.69) is 5.32 Å². The van der Waals surface area contributed by atoms with Crippen molar-refractivity contribution in [2.24, 2.45) is 0 Å². The molecule has 0 spiro atoms. The fraction of sp³-hybridized carbons (Fsp3) is 0.414. The Morgan fingerprint density at radius 2 is 2.02 bits per heavy atom. The Balaban J connectivity index is 1.99. The van der Waals surface area contributed by atoms with E-state index in [0.717, 1.165) is 0 Å². The number of nitrogens with zero attached hydrogens (tertiary/aromatic N) is 1. The van der Waals surface area contributed by atoms with Gasteiger partial charge >= 0.3 is 0 Å². The molecule has 0 radical (unpaired) electrons. The molecule has 3 unspecified atom stereocenters. The third kappa shape index (κ3) is 8.71. The summed E-state index contributed by atoms with van der Waals surface area (Å²) in [5.41, 5.74) is 1.29. The van der Waals surface area contributed by atoms with Gasteiger partial charge in [0.1, 0.15) is 24.3 Å². The van der Waals surface area contributed by atoms with Crippen LogP contribution >= 0.6 is 22.6 Å². The zero-order valence-corrected chi connectivity index (χ0v) is 25.0. The number of aliphatic hydroxyl groups excluding tert-OH is 2. The molecule has 2 aromatic carbocycles. The molecular weight excluding hydrogens is 650 g/mol. The number of carbonyl (C=O) groups is 3. The summed E-state index contributed by atoms with van der Waals surface area (Å²) >= 11 is 1.98. The molecule has 3 N–H and O–H groups in total. The summed E-state index contributed by atoms with van der Waals surface area (Å²) in [6.07, 6.45) is 0.156. The van der Waals surface area contributed by atoms with Crippen LogP contribution in [0.1, 0.15) is 28.8 Å². The molecule has 0 aromatic heterocycles. The lowest BCUT2D eigenvalue weighted by atomic mass is 9.87. The van der Waals surface area contributed by atoms with Crippen LogP contribution in [-0.2, 0) is 20.7 Å². The van der Waals surface area contributed by atoms with Crippen molar-refractivity contribution in [1.29, 1.82) is 0 Å². The van der Waals surface area contributed by atoms with Crippen molar-refractivity contribution in [1.82, 2.24) is 10.2 Å². The Kier molecular flexibility index (Phi) is 12.5. The molecule has 2 amide bonds. The van der Waals surface area contributed by atoms with Crippen molar-refractivity contribution < 1.29 is 43.2 Å². The highest BCUT2D eigenvalue weighted by molar-refractivity contribution is 14.1. The summed E-state index contributed by atoms with van der Waals surface area (Å²) in [4.78, 5) is 39.2. The smallest absolute Gasteiger partial charge is 0.247 e. The van der Waals surface area contributed by atoms with Gasteiger partial charge in [-0.3, -0.25) is 14.4 Å². The van der Waals surface area contributed by atoms with E-state index >= 15 is 0 Å². The zero-order valence-electron chi connectivity index (χ0n) is 22.8. The van der Waals surface area contributed by atoms with Gasteiger partial charge in [0, 0.05) is 37.8 Å². The summed E-state index contributed by atoms with van der Waals surface area (Å²) in [6.45, 7) is 0.0413. The highest BCUT2D eigenvalue weighted by Crippen LogP contribution is 2.37.